The summed E-state index contributed by atoms with van der Waals surface area (Å²) >= 11 is 8.21. The molecular weight excluding hydrogens is 368 g/mol. The Balaban J connectivity index is 1.89. The van der Waals surface area contributed by atoms with E-state index < -0.39 is 0 Å². The van der Waals surface area contributed by atoms with Crippen LogP contribution in [0.5, 0.6) is 0 Å². The maximum atomic E-state index is 13.2. The van der Waals surface area contributed by atoms with E-state index in [1.54, 1.807) is 0 Å². The van der Waals surface area contributed by atoms with Gasteiger partial charge in [0.05, 0.1) is 11.3 Å². The lowest BCUT2D eigenvalue weighted by atomic mass is 10.0. The van der Waals surface area contributed by atoms with Crippen LogP contribution in [0.3, 0.4) is 0 Å². The summed E-state index contributed by atoms with van der Waals surface area (Å²) in [5.74, 6) is 1.22. The van der Waals surface area contributed by atoms with Gasteiger partial charge in [0.2, 0.25) is 0 Å². The van der Waals surface area contributed by atoms with Gasteiger partial charge in [0.15, 0.2) is 0 Å². The fourth-order valence-corrected chi connectivity index (χ4v) is 4.93. The largest absolute Gasteiger partial charge is 0.284 e. The second kappa shape index (κ2) is 6.71. The number of hydrogen-bond acceptors (Lipinski definition) is 4. The summed E-state index contributed by atoms with van der Waals surface area (Å²) in [5, 5.41) is 0.583. The molecule has 6 heteroatoms. The number of amides is 2. The number of imide groups is 1. The third kappa shape index (κ3) is 2.57. The zero-order valence-electron chi connectivity index (χ0n) is 14.8. The molecule has 0 saturated carbocycles. The molecule has 0 spiro atoms. The van der Waals surface area contributed by atoms with Crippen molar-refractivity contribution in [1.82, 2.24) is 4.98 Å². The topological polar surface area (TPSA) is 50.3 Å². The number of anilines is 1. The highest BCUT2D eigenvalue weighted by molar-refractivity contribution is 7.98. The van der Waals surface area contributed by atoms with Crippen molar-refractivity contribution in [2.75, 3.05) is 10.7 Å². The van der Waals surface area contributed by atoms with Crippen LogP contribution in [-0.4, -0.2) is 22.6 Å². The Labute approximate surface area is 161 Å². The summed E-state index contributed by atoms with van der Waals surface area (Å²) in [6.45, 7) is 4.00. The summed E-state index contributed by atoms with van der Waals surface area (Å²) in [7, 11) is 0. The normalized spacial score (nSPS) is 16.0. The van der Waals surface area contributed by atoms with Gasteiger partial charge in [-0.05, 0) is 53.8 Å². The molecule has 0 fully saturated rings. The van der Waals surface area contributed by atoms with Crippen molar-refractivity contribution < 1.29 is 9.59 Å². The number of aryl methyl sites for hydroxylation is 2. The van der Waals surface area contributed by atoms with Crippen molar-refractivity contribution in [3.8, 4) is 0 Å². The summed E-state index contributed by atoms with van der Waals surface area (Å²) in [6, 6.07) is 5.61. The van der Waals surface area contributed by atoms with Crippen molar-refractivity contribution in [2.24, 2.45) is 0 Å². The molecule has 4 nitrogen and oxygen atoms in total. The van der Waals surface area contributed by atoms with Crippen LogP contribution in [0.4, 0.5) is 5.69 Å². The van der Waals surface area contributed by atoms with Gasteiger partial charge in [0, 0.05) is 16.5 Å². The van der Waals surface area contributed by atoms with Crippen molar-refractivity contribution in [3.63, 3.8) is 0 Å². The first-order valence-electron chi connectivity index (χ1n) is 8.86. The molecule has 134 valence electrons. The maximum absolute atomic E-state index is 13.2. The fraction of sp³-hybridized carbons (Fsp3) is 0.350. The van der Waals surface area contributed by atoms with Crippen LogP contribution in [0.15, 0.2) is 18.2 Å². The lowest BCUT2D eigenvalue weighted by Gasteiger charge is -2.22. The average molecular weight is 387 g/mol. The first kappa shape index (κ1) is 17.6. The van der Waals surface area contributed by atoms with Gasteiger partial charge in [0.1, 0.15) is 5.69 Å². The molecule has 4 rings (SSSR count). The monoisotopic (exact) mass is 386 g/mol. The van der Waals surface area contributed by atoms with Crippen LogP contribution in [0.2, 0.25) is 5.02 Å². The zero-order chi connectivity index (χ0) is 18.4. The smallest absolute Gasteiger partial charge is 0.268 e. The lowest BCUT2D eigenvalue weighted by Crippen LogP contribution is -2.31. The third-order valence-corrected chi connectivity index (χ3v) is 6.40. The van der Waals surface area contributed by atoms with Crippen LogP contribution < -0.4 is 4.90 Å². The Bertz CT molecular complexity index is 897. The van der Waals surface area contributed by atoms with E-state index in [4.69, 9.17) is 11.6 Å². The van der Waals surface area contributed by atoms with Gasteiger partial charge in [-0.3, -0.25) is 9.59 Å². The van der Waals surface area contributed by atoms with Gasteiger partial charge in [-0.1, -0.05) is 31.5 Å². The molecule has 26 heavy (non-hydrogen) atoms. The SMILES string of the molecule is CCc1ccc(Cl)c(CC)c1N1C(=O)c2cc3c(nc2C1=O)CCSC3. The number of thioether (sulfide) groups is 1. The van der Waals surface area contributed by atoms with Crippen molar-refractivity contribution in [2.45, 2.75) is 38.9 Å². The van der Waals surface area contributed by atoms with E-state index in [9.17, 15) is 9.59 Å². The molecule has 1 aromatic carbocycles. The number of nitrogens with zero attached hydrogens (tertiary/aromatic N) is 2. The Hall–Kier alpha value is -1.85. The van der Waals surface area contributed by atoms with Crippen molar-refractivity contribution in [1.29, 1.82) is 0 Å². The number of rotatable bonds is 3. The molecule has 2 aromatic rings. The number of fused-ring (bicyclic) bond motifs is 2. The van der Waals surface area contributed by atoms with Gasteiger partial charge in [-0.25, -0.2) is 9.88 Å². The van der Waals surface area contributed by atoms with Gasteiger partial charge in [-0.15, -0.1) is 0 Å². The molecule has 2 amide bonds. The lowest BCUT2D eigenvalue weighted by molar-refractivity contribution is 0.0924. The minimum Gasteiger partial charge on any atom is -0.268 e. The van der Waals surface area contributed by atoms with E-state index in [1.165, 1.54) is 4.90 Å². The van der Waals surface area contributed by atoms with E-state index in [0.717, 1.165) is 40.3 Å². The highest BCUT2D eigenvalue weighted by atomic mass is 35.5. The number of pyridine rings is 1. The first-order valence-corrected chi connectivity index (χ1v) is 10.4. The average Bonchev–Trinajstić information content (AvgIpc) is 2.89. The van der Waals surface area contributed by atoms with Gasteiger partial charge in [-0.2, -0.15) is 11.8 Å². The number of carbonyl (C=O) groups excluding carboxylic acids is 2. The third-order valence-electron chi connectivity index (χ3n) is 5.04. The van der Waals surface area contributed by atoms with Gasteiger partial charge in [0.25, 0.3) is 11.8 Å². The first-order chi connectivity index (χ1) is 12.6. The Morgan fingerprint density at radius 3 is 2.73 bits per heavy atom. The highest BCUT2D eigenvalue weighted by Crippen LogP contribution is 2.38. The fourth-order valence-electron chi connectivity index (χ4n) is 3.69. The van der Waals surface area contributed by atoms with E-state index in [1.807, 2.05) is 43.8 Å². The molecular formula is C20H19ClN2O2S. The maximum Gasteiger partial charge on any atom is 0.284 e. The molecule has 2 aliphatic rings. The summed E-state index contributed by atoms with van der Waals surface area (Å²) in [6.07, 6.45) is 2.20. The Morgan fingerprint density at radius 2 is 2.00 bits per heavy atom. The predicted octanol–water partition coefficient (Wildman–Crippen LogP) is 4.45. The van der Waals surface area contributed by atoms with Crippen molar-refractivity contribution >= 4 is 40.9 Å². The Morgan fingerprint density at radius 1 is 1.19 bits per heavy atom. The molecule has 0 N–H and O–H groups in total. The van der Waals surface area contributed by atoms with Gasteiger partial charge >= 0.3 is 0 Å². The molecule has 0 aliphatic carbocycles. The highest BCUT2D eigenvalue weighted by Gasteiger charge is 2.41. The van der Waals surface area contributed by atoms with Crippen LogP contribution in [0.1, 0.15) is 57.1 Å². The number of carbonyl (C=O) groups is 2. The number of halogens is 1. The van der Waals surface area contributed by atoms with Crippen LogP contribution in [-0.2, 0) is 25.0 Å². The second-order valence-corrected chi connectivity index (χ2v) is 7.99. The molecule has 3 heterocycles. The Kier molecular flexibility index (Phi) is 4.53. The van der Waals surface area contributed by atoms with Crippen LogP contribution in [0, 0.1) is 0 Å². The molecule has 0 bridgehead atoms. The standard InChI is InChI=1S/C20H19ClN2O2S/c1-3-11-5-6-15(21)13(4-2)18(11)23-19(24)14-9-12-10-26-8-7-16(12)22-17(14)20(23)25/h5-6,9H,3-4,7-8,10H2,1-2H3. The minimum atomic E-state index is -0.335. The van der Waals surface area contributed by atoms with E-state index in [2.05, 4.69) is 4.98 Å². The van der Waals surface area contributed by atoms with Gasteiger partial charge < -0.3 is 0 Å². The summed E-state index contributed by atoms with van der Waals surface area (Å²) in [5.41, 5.74) is 5.14. The second-order valence-electron chi connectivity index (χ2n) is 6.48. The van der Waals surface area contributed by atoms with E-state index >= 15 is 0 Å². The summed E-state index contributed by atoms with van der Waals surface area (Å²) < 4.78 is 0. The summed E-state index contributed by atoms with van der Waals surface area (Å²) in [4.78, 5) is 32.2. The molecule has 0 unspecified atom stereocenters. The molecule has 0 saturated heterocycles. The number of hydrogen-bond donors (Lipinski definition) is 0. The number of benzene rings is 1. The van der Waals surface area contributed by atoms with Crippen molar-refractivity contribution in [3.05, 3.63) is 56.9 Å². The molecule has 2 aliphatic heterocycles. The predicted molar refractivity (Wildman–Crippen MR) is 105 cm³/mol. The van der Waals surface area contributed by atoms with E-state index in [0.29, 0.717) is 29.1 Å². The molecule has 0 atom stereocenters. The van der Waals surface area contributed by atoms with Crippen LogP contribution in [0.25, 0.3) is 0 Å². The van der Waals surface area contributed by atoms with Crippen LogP contribution >= 0.6 is 23.4 Å². The van der Waals surface area contributed by atoms with E-state index in [-0.39, 0.29) is 17.5 Å². The quantitative estimate of drug-likeness (QED) is 0.731. The number of aromatic nitrogens is 1. The molecule has 1 aromatic heterocycles. The zero-order valence-corrected chi connectivity index (χ0v) is 16.3. The molecule has 0 radical (unpaired) electrons. The minimum absolute atomic E-state index is 0.282.